The summed E-state index contributed by atoms with van der Waals surface area (Å²) < 4.78 is 30.7. The molecule has 0 spiro atoms. The molecule has 0 aromatic carbocycles. The van der Waals surface area contributed by atoms with Crippen LogP contribution < -0.4 is 0 Å². The first-order valence-electron chi connectivity index (χ1n) is 2.17. The van der Waals surface area contributed by atoms with E-state index in [1.54, 1.807) is 0 Å². The van der Waals surface area contributed by atoms with Crippen LogP contribution in [-0.4, -0.2) is 31.2 Å². The van der Waals surface area contributed by atoms with Gasteiger partial charge < -0.3 is 5.11 Å². The van der Waals surface area contributed by atoms with Gasteiger partial charge >= 0.3 is 10.4 Å². The molecular formula is C3H8O6S. The molecule has 0 amide bonds. The minimum atomic E-state index is -4.17. The highest BCUT2D eigenvalue weighted by Gasteiger charge is 1.98. The van der Waals surface area contributed by atoms with Crippen molar-refractivity contribution >= 4 is 16.9 Å². The Bertz CT molecular complexity index is 158. The Balaban J connectivity index is 0. The molecule has 62 valence electrons. The van der Waals surface area contributed by atoms with E-state index in [1.165, 1.54) is 6.92 Å². The lowest BCUT2D eigenvalue weighted by molar-refractivity contribution is -0.122. The van der Waals surface area contributed by atoms with Crippen LogP contribution in [-0.2, 0) is 19.4 Å². The van der Waals surface area contributed by atoms with E-state index in [0.717, 1.165) is 0 Å². The lowest BCUT2D eigenvalue weighted by Gasteiger charge is -1.88. The number of hydrogen-bond donors (Lipinski definition) is 2. The molecule has 0 aromatic rings. The van der Waals surface area contributed by atoms with E-state index < -0.39 is 10.4 Å². The van der Waals surface area contributed by atoms with Crippen molar-refractivity contribution in [1.29, 1.82) is 0 Å². The molecule has 0 aliphatic heterocycles. The summed E-state index contributed by atoms with van der Waals surface area (Å²) in [5, 5.41) is 6.89. The van der Waals surface area contributed by atoms with Gasteiger partial charge in [0.2, 0.25) is 0 Å². The van der Waals surface area contributed by atoms with Crippen LogP contribution in [0.25, 0.3) is 0 Å². The van der Waals surface area contributed by atoms with Crippen LogP contribution >= 0.6 is 0 Å². The van der Waals surface area contributed by atoms with Crippen LogP contribution in [0.2, 0.25) is 0 Å². The highest BCUT2D eigenvalue weighted by atomic mass is 32.3. The topological polar surface area (TPSA) is 101 Å². The van der Waals surface area contributed by atoms with Crippen molar-refractivity contribution in [1.82, 2.24) is 0 Å². The Morgan fingerprint density at radius 3 is 1.90 bits per heavy atom. The van der Waals surface area contributed by atoms with Crippen molar-refractivity contribution in [2.24, 2.45) is 0 Å². The van der Waals surface area contributed by atoms with E-state index in [2.05, 4.69) is 4.18 Å². The lowest BCUT2D eigenvalue weighted by atomic mass is 10.9. The quantitative estimate of drug-likeness (QED) is 0.431. The summed E-state index contributed by atoms with van der Waals surface area (Å²) in [6.45, 7) is 1.19. The maximum absolute atomic E-state index is 9.56. The number of carboxylic acid groups (broad SMARTS) is 1. The first-order chi connectivity index (χ1) is 4.47. The molecule has 0 saturated carbocycles. The third-order valence-corrected chi connectivity index (χ3v) is 0.800. The van der Waals surface area contributed by atoms with E-state index >= 15 is 0 Å². The van der Waals surface area contributed by atoms with E-state index in [1.807, 2.05) is 0 Å². The van der Waals surface area contributed by atoms with E-state index in [9.17, 15) is 8.42 Å². The Kier molecular flexibility index (Phi) is 7.79. The number of rotatable bonds is 2. The van der Waals surface area contributed by atoms with Gasteiger partial charge in [-0.05, 0) is 6.92 Å². The largest absolute Gasteiger partial charge is 0.483 e. The molecule has 0 heterocycles. The Morgan fingerprint density at radius 2 is 1.90 bits per heavy atom. The zero-order valence-electron chi connectivity index (χ0n) is 5.22. The van der Waals surface area contributed by atoms with Crippen molar-refractivity contribution in [3.63, 3.8) is 0 Å². The second kappa shape index (κ2) is 6.46. The fraction of sp³-hybridized carbons (Fsp3) is 0.667. The second-order valence-electron chi connectivity index (χ2n) is 0.940. The molecule has 7 heteroatoms. The van der Waals surface area contributed by atoms with Gasteiger partial charge in [0, 0.05) is 0 Å². The van der Waals surface area contributed by atoms with Crippen LogP contribution in [0.1, 0.15) is 6.92 Å². The van der Waals surface area contributed by atoms with Gasteiger partial charge in [0.25, 0.3) is 6.47 Å². The maximum Gasteiger partial charge on any atom is 0.397 e. The first-order valence-corrected chi connectivity index (χ1v) is 3.54. The zero-order chi connectivity index (χ0) is 8.62. The van der Waals surface area contributed by atoms with Crippen molar-refractivity contribution in [2.45, 2.75) is 6.92 Å². The van der Waals surface area contributed by atoms with Crippen LogP contribution in [0.15, 0.2) is 0 Å². The molecule has 0 unspecified atom stereocenters. The number of hydrogen-bond acceptors (Lipinski definition) is 4. The summed E-state index contributed by atoms with van der Waals surface area (Å²) in [7, 11) is -4.17. The molecule has 0 aliphatic carbocycles. The normalized spacial score (nSPS) is 9.40. The summed E-state index contributed by atoms with van der Waals surface area (Å²) in [5.74, 6) is 0. The van der Waals surface area contributed by atoms with E-state index in [-0.39, 0.29) is 13.1 Å². The highest BCUT2D eigenvalue weighted by Crippen LogP contribution is 1.81. The Hall–Kier alpha value is -0.660. The average Bonchev–Trinajstić information content (AvgIpc) is 1.63. The molecule has 0 saturated heterocycles. The molecule has 10 heavy (non-hydrogen) atoms. The van der Waals surface area contributed by atoms with Crippen molar-refractivity contribution in [2.75, 3.05) is 6.61 Å². The molecule has 0 aromatic heterocycles. The minimum Gasteiger partial charge on any atom is -0.483 e. The van der Waals surface area contributed by atoms with Gasteiger partial charge in [-0.1, -0.05) is 0 Å². The SMILES string of the molecule is CCOS(=O)(=O)O.O=CO. The van der Waals surface area contributed by atoms with Gasteiger partial charge in [0.1, 0.15) is 0 Å². The molecule has 0 radical (unpaired) electrons. The van der Waals surface area contributed by atoms with Crippen LogP contribution in [0.4, 0.5) is 0 Å². The standard InChI is InChI=1S/C2H6O4S.CH2O2/c1-2-6-7(3,4)5;2-1-3/h2H2,1H3,(H,3,4,5);1H,(H,2,3). The van der Waals surface area contributed by atoms with Gasteiger partial charge in [-0.25, -0.2) is 4.18 Å². The summed E-state index contributed by atoms with van der Waals surface area (Å²) >= 11 is 0. The summed E-state index contributed by atoms with van der Waals surface area (Å²) in [6.07, 6.45) is 0. The number of carbonyl (C=O) groups is 1. The predicted octanol–water partition coefficient (Wildman–Crippen LogP) is -0.474. The molecule has 0 aliphatic rings. The Labute approximate surface area is 58.4 Å². The minimum absolute atomic E-state index is 0.0289. The fourth-order valence-corrected chi connectivity index (χ4v) is 0.447. The first kappa shape index (κ1) is 12.1. The molecule has 0 fully saturated rings. The third kappa shape index (κ3) is 26.4. The van der Waals surface area contributed by atoms with Gasteiger partial charge in [0.05, 0.1) is 6.61 Å². The van der Waals surface area contributed by atoms with Gasteiger partial charge in [0.15, 0.2) is 0 Å². The monoisotopic (exact) mass is 172 g/mol. The molecule has 6 nitrogen and oxygen atoms in total. The van der Waals surface area contributed by atoms with Gasteiger partial charge in [-0.3, -0.25) is 9.35 Å². The maximum atomic E-state index is 9.56. The van der Waals surface area contributed by atoms with Gasteiger partial charge in [-0.2, -0.15) is 8.42 Å². The summed E-state index contributed by atoms with van der Waals surface area (Å²) in [5.41, 5.74) is 0. The summed E-state index contributed by atoms with van der Waals surface area (Å²) in [4.78, 5) is 8.36. The van der Waals surface area contributed by atoms with Crippen molar-refractivity contribution in [3.8, 4) is 0 Å². The van der Waals surface area contributed by atoms with Crippen LogP contribution in [0, 0.1) is 0 Å². The van der Waals surface area contributed by atoms with Crippen molar-refractivity contribution in [3.05, 3.63) is 0 Å². The molecule has 2 N–H and O–H groups in total. The Morgan fingerprint density at radius 1 is 1.60 bits per heavy atom. The molecule has 0 atom stereocenters. The molecule has 0 rings (SSSR count). The second-order valence-corrected chi connectivity index (χ2v) is 2.03. The fourth-order valence-electron chi connectivity index (χ4n) is 0.149. The van der Waals surface area contributed by atoms with Gasteiger partial charge in [-0.15, -0.1) is 0 Å². The summed E-state index contributed by atoms with van der Waals surface area (Å²) in [6, 6.07) is 0. The highest BCUT2D eigenvalue weighted by molar-refractivity contribution is 7.80. The van der Waals surface area contributed by atoms with Crippen molar-refractivity contribution < 1.29 is 27.1 Å². The lowest BCUT2D eigenvalue weighted by Crippen LogP contribution is -2.01. The third-order valence-electron chi connectivity index (χ3n) is 0.267. The molecule has 0 bridgehead atoms. The van der Waals surface area contributed by atoms with E-state index in [4.69, 9.17) is 14.5 Å². The predicted molar refractivity (Wildman–Crippen MR) is 31.9 cm³/mol. The molecular weight excluding hydrogens is 164 g/mol. The van der Waals surface area contributed by atoms with Crippen LogP contribution in [0.5, 0.6) is 0 Å². The van der Waals surface area contributed by atoms with Crippen LogP contribution in [0.3, 0.4) is 0 Å². The zero-order valence-corrected chi connectivity index (χ0v) is 6.04. The average molecular weight is 172 g/mol. The smallest absolute Gasteiger partial charge is 0.397 e. The van der Waals surface area contributed by atoms with E-state index in [0.29, 0.717) is 0 Å².